The Kier molecular flexibility index (Phi) is 5.76. The zero-order chi connectivity index (χ0) is 19.6. The molecule has 27 heavy (non-hydrogen) atoms. The Morgan fingerprint density at radius 2 is 1.93 bits per heavy atom. The van der Waals surface area contributed by atoms with Gasteiger partial charge in [-0.15, -0.1) is 0 Å². The van der Waals surface area contributed by atoms with Gasteiger partial charge in [0, 0.05) is 5.92 Å². The molecule has 0 amide bonds. The Balaban J connectivity index is 2.04. The van der Waals surface area contributed by atoms with Crippen molar-refractivity contribution in [3.8, 4) is 0 Å². The number of benzene rings is 2. The lowest BCUT2D eigenvalue weighted by atomic mass is 9.73. The van der Waals surface area contributed by atoms with Gasteiger partial charge in [-0.25, -0.2) is 4.39 Å². The van der Waals surface area contributed by atoms with E-state index in [1.165, 1.54) is 18.2 Å². The SMILES string of the molecule is CCOC(=O)C1C(=O)C=C(c2ccc(C)cc2)CC1c1ccc(Cl)c(F)c1. The maximum Gasteiger partial charge on any atom is 0.317 e. The van der Waals surface area contributed by atoms with Crippen molar-refractivity contribution in [2.24, 2.45) is 5.92 Å². The topological polar surface area (TPSA) is 43.4 Å². The van der Waals surface area contributed by atoms with Crippen molar-refractivity contribution < 1.29 is 18.7 Å². The minimum atomic E-state index is -0.986. The van der Waals surface area contributed by atoms with Crippen LogP contribution in [0.3, 0.4) is 0 Å². The van der Waals surface area contributed by atoms with Crippen LogP contribution in [0.5, 0.6) is 0 Å². The molecule has 1 aliphatic rings. The number of allylic oxidation sites excluding steroid dienone is 2. The van der Waals surface area contributed by atoms with E-state index >= 15 is 0 Å². The fraction of sp³-hybridized carbons (Fsp3) is 0.273. The molecule has 1 aliphatic carbocycles. The van der Waals surface area contributed by atoms with Crippen LogP contribution in [-0.4, -0.2) is 18.4 Å². The van der Waals surface area contributed by atoms with Crippen molar-refractivity contribution >= 4 is 28.9 Å². The summed E-state index contributed by atoms with van der Waals surface area (Å²) >= 11 is 5.79. The van der Waals surface area contributed by atoms with E-state index in [-0.39, 0.29) is 17.4 Å². The summed E-state index contributed by atoms with van der Waals surface area (Å²) in [4.78, 5) is 25.2. The molecule has 0 aliphatic heterocycles. The van der Waals surface area contributed by atoms with Crippen LogP contribution in [0.1, 0.15) is 36.0 Å². The highest BCUT2D eigenvalue weighted by Crippen LogP contribution is 2.41. The van der Waals surface area contributed by atoms with Gasteiger partial charge in [-0.2, -0.15) is 0 Å². The Hall–Kier alpha value is -2.46. The normalized spacial score (nSPS) is 19.6. The smallest absolute Gasteiger partial charge is 0.317 e. The zero-order valence-electron chi connectivity index (χ0n) is 15.2. The molecule has 3 nitrogen and oxygen atoms in total. The molecule has 0 radical (unpaired) electrons. The molecule has 0 heterocycles. The maximum atomic E-state index is 14.0. The van der Waals surface area contributed by atoms with Crippen molar-refractivity contribution in [3.63, 3.8) is 0 Å². The van der Waals surface area contributed by atoms with Crippen molar-refractivity contribution in [3.05, 3.63) is 76.1 Å². The number of carbonyl (C=O) groups excluding carboxylic acids is 2. The van der Waals surface area contributed by atoms with E-state index in [1.807, 2.05) is 31.2 Å². The number of esters is 1. The monoisotopic (exact) mass is 386 g/mol. The Labute approximate surface area is 162 Å². The molecule has 0 bridgehead atoms. The maximum absolute atomic E-state index is 14.0. The number of ketones is 1. The van der Waals surface area contributed by atoms with E-state index in [9.17, 15) is 14.0 Å². The number of aryl methyl sites for hydroxylation is 1. The molecule has 0 N–H and O–H groups in total. The number of ether oxygens (including phenoxy) is 1. The predicted molar refractivity (Wildman–Crippen MR) is 103 cm³/mol. The average molecular weight is 387 g/mol. The second-order valence-corrected chi connectivity index (χ2v) is 7.06. The van der Waals surface area contributed by atoms with Crippen LogP contribution in [0.25, 0.3) is 5.57 Å². The molecular formula is C22H20ClFO3. The van der Waals surface area contributed by atoms with Crippen LogP contribution in [0.2, 0.25) is 5.02 Å². The van der Waals surface area contributed by atoms with Crippen LogP contribution in [0.4, 0.5) is 4.39 Å². The van der Waals surface area contributed by atoms with Gasteiger partial charge in [0.1, 0.15) is 11.7 Å². The van der Waals surface area contributed by atoms with Crippen LogP contribution in [0.15, 0.2) is 48.5 Å². The second kappa shape index (κ2) is 8.05. The number of rotatable bonds is 4. The first-order valence-corrected chi connectivity index (χ1v) is 9.21. The van der Waals surface area contributed by atoms with E-state index < -0.39 is 23.6 Å². The third-order valence-corrected chi connectivity index (χ3v) is 5.11. The van der Waals surface area contributed by atoms with E-state index in [0.29, 0.717) is 12.0 Å². The molecule has 0 saturated heterocycles. The van der Waals surface area contributed by atoms with E-state index in [1.54, 1.807) is 13.0 Å². The molecule has 0 fully saturated rings. The summed E-state index contributed by atoms with van der Waals surface area (Å²) in [5.74, 6) is -2.97. The first-order valence-electron chi connectivity index (χ1n) is 8.83. The molecule has 5 heteroatoms. The lowest BCUT2D eigenvalue weighted by Crippen LogP contribution is -2.34. The standard InChI is InChI=1S/C22H20ClFO3/c1-3-27-22(26)21-17(15-8-9-18(23)19(24)11-15)10-16(12-20(21)25)14-6-4-13(2)5-7-14/h4-9,11-12,17,21H,3,10H2,1-2H3. The summed E-state index contributed by atoms with van der Waals surface area (Å²) < 4.78 is 19.1. The summed E-state index contributed by atoms with van der Waals surface area (Å²) in [6.45, 7) is 3.86. The van der Waals surface area contributed by atoms with Gasteiger partial charge in [-0.1, -0.05) is 47.5 Å². The molecule has 0 spiro atoms. The summed E-state index contributed by atoms with van der Waals surface area (Å²) in [6.07, 6.45) is 1.94. The average Bonchev–Trinajstić information content (AvgIpc) is 2.64. The van der Waals surface area contributed by atoms with Gasteiger partial charge in [0.25, 0.3) is 0 Å². The van der Waals surface area contributed by atoms with E-state index in [4.69, 9.17) is 16.3 Å². The molecular weight excluding hydrogens is 367 g/mol. The minimum absolute atomic E-state index is 0.00266. The number of hydrogen-bond acceptors (Lipinski definition) is 3. The lowest BCUT2D eigenvalue weighted by Gasteiger charge is -2.29. The minimum Gasteiger partial charge on any atom is -0.465 e. The van der Waals surface area contributed by atoms with Crippen molar-refractivity contribution in [1.29, 1.82) is 0 Å². The molecule has 2 unspecified atom stereocenters. The highest BCUT2D eigenvalue weighted by Gasteiger charge is 2.40. The van der Waals surface area contributed by atoms with Gasteiger partial charge < -0.3 is 4.74 Å². The summed E-state index contributed by atoms with van der Waals surface area (Å²) in [6, 6.07) is 12.2. The van der Waals surface area contributed by atoms with Crippen molar-refractivity contribution in [2.45, 2.75) is 26.2 Å². The van der Waals surface area contributed by atoms with Gasteiger partial charge in [0.15, 0.2) is 5.78 Å². The van der Waals surface area contributed by atoms with Gasteiger partial charge in [-0.3, -0.25) is 9.59 Å². The fourth-order valence-electron chi connectivity index (χ4n) is 3.41. The van der Waals surface area contributed by atoms with Crippen LogP contribution in [0, 0.1) is 18.7 Å². The number of hydrogen-bond donors (Lipinski definition) is 0. The molecule has 3 rings (SSSR count). The van der Waals surface area contributed by atoms with Crippen LogP contribution >= 0.6 is 11.6 Å². The summed E-state index contributed by atoms with van der Waals surface area (Å²) in [5.41, 5.74) is 3.40. The fourth-order valence-corrected chi connectivity index (χ4v) is 3.53. The Morgan fingerprint density at radius 1 is 1.22 bits per heavy atom. The first kappa shape index (κ1) is 19.3. The van der Waals surface area contributed by atoms with Crippen LogP contribution < -0.4 is 0 Å². The molecule has 140 valence electrons. The first-order chi connectivity index (χ1) is 12.9. The number of halogens is 2. The third kappa shape index (κ3) is 4.11. The highest BCUT2D eigenvalue weighted by molar-refractivity contribution is 6.30. The quantitative estimate of drug-likeness (QED) is 0.542. The van der Waals surface area contributed by atoms with Gasteiger partial charge >= 0.3 is 5.97 Å². The van der Waals surface area contributed by atoms with E-state index in [0.717, 1.165) is 16.7 Å². The Morgan fingerprint density at radius 3 is 2.56 bits per heavy atom. The lowest BCUT2D eigenvalue weighted by molar-refractivity contribution is -0.151. The zero-order valence-corrected chi connectivity index (χ0v) is 15.9. The molecule has 2 atom stereocenters. The van der Waals surface area contributed by atoms with E-state index in [2.05, 4.69) is 0 Å². The third-order valence-electron chi connectivity index (χ3n) is 4.80. The predicted octanol–water partition coefficient (Wildman–Crippen LogP) is 5.11. The second-order valence-electron chi connectivity index (χ2n) is 6.65. The summed E-state index contributed by atoms with van der Waals surface area (Å²) in [7, 11) is 0. The van der Waals surface area contributed by atoms with Gasteiger partial charge in [0.05, 0.1) is 11.6 Å². The van der Waals surface area contributed by atoms with Crippen LogP contribution in [-0.2, 0) is 14.3 Å². The van der Waals surface area contributed by atoms with Crippen molar-refractivity contribution in [2.75, 3.05) is 6.61 Å². The summed E-state index contributed by atoms with van der Waals surface area (Å²) in [5, 5.41) is 0.00266. The Bertz CT molecular complexity index is 902. The molecule has 2 aromatic rings. The number of carbonyl (C=O) groups is 2. The molecule has 2 aromatic carbocycles. The van der Waals surface area contributed by atoms with Gasteiger partial charge in [0.2, 0.25) is 0 Å². The largest absolute Gasteiger partial charge is 0.465 e. The molecule has 0 aromatic heterocycles. The highest BCUT2D eigenvalue weighted by atomic mass is 35.5. The van der Waals surface area contributed by atoms with Gasteiger partial charge in [-0.05, 0) is 55.2 Å². The molecule has 0 saturated carbocycles. The van der Waals surface area contributed by atoms with Crippen molar-refractivity contribution in [1.82, 2.24) is 0 Å².